The summed E-state index contributed by atoms with van der Waals surface area (Å²) >= 11 is 9.23. The van der Waals surface area contributed by atoms with Gasteiger partial charge in [0.15, 0.2) is 5.78 Å². The number of ether oxygens (including phenoxy) is 2. The zero-order valence-electron chi connectivity index (χ0n) is 16.3. The van der Waals surface area contributed by atoms with Crippen LogP contribution in [0.15, 0.2) is 77.3 Å². The van der Waals surface area contributed by atoms with Gasteiger partial charge in [0.2, 0.25) is 0 Å². The molecule has 0 radical (unpaired) electrons. The van der Waals surface area contributed by atoms with Crippen molar-refractivity contribution < 1.29 is 23.9 Å². The van der Waals surface area contributed by atoms with Crippen LogP contribution in [0.5, 0.6) is 11.5 Å². The molecule has 0 aromatic heterocycles. The van der Waals surface area contributed by atoms with Crippen molar-refractivity contribution >= 4 is 51.3 Å². The molecule has 0 N–H and O–H groups in total. The molecule has 0 fully saturated rings. The highest BCUT2D eigenvalue weighted by Gasteiger charge is 2.17. The first-order valence-electron chi connectivity index (χ1n) is 9.10. The van der Waals surface area contributed by atoms with Crippen LogP contribution in [0.4, 0.5) is 0 Å². The lowest BCUT2D eigenvalue weighted by Gasteiger charge is -2.11. The molecule has 0 heterocycles. The summed E-state index contributed by atoms with van der Waals surface area (Å²) in [5.74, 6) is -1.13. The third kappa shape index (κ3) is 6.13. The van der Waals surface area contributed by atoms with Gasteiger partial charge in [0, 0.05) is 27.5 Å². The summed E-state index contributed by atoms with van der Waals surface area (Å²) in [7, 11) is 0. The molecular formula is C24H16BrClO5. The molecule has 7 heteroatoms. The smallest absolute Gasteiger partial charge is 0.347 e. The van der Waals surface area contributed by atoms with Crippen molar-refractivity contribution in [2.45, 2.75) is 6.92 Å². The second-order valence-corrected chi connectivity index (χ2v) is 7.72. The Bertz CT molecular complexity index is 1170. The van der Waals surface area contributed by atoms with E-state index in [9.17, 15) is 14.4 Å². The summed E-state index contributed by atoms with van der Waals surface area (Å²) in [6, 6.07) is 17.8. The minimum atomic E-state index is -0.696. The van der Waals surface area contributed by atoms with Crippen molar-refractivity contribution in [2.75, 3.05) is 0 Å². The lowest BCUT2D eigenvalue weighted by Crippen LogP contribution is -2.13. The minimum Gasteiger partial charge on any atom is -0.426 e. The number of para-hydroxylation sites is 1. The topological polar surface area (TPSA) is 69.7 Å². The van der Waals surface area contributed by atoms with Gasteiger partial charge in [-0.25, -0.2) is 4.79 Å². The summed E-state index contributed by atoms with van der Waals surface area (Å²) in [4.78, 5) is 36.4. The van der Waals surface area contributed by atoms with Gasteiger partial charge in [-0.1, -0.05) is 39.7 Å². The average Bonchev–Trinajstić information content (AvgIpc) is 2.74. The largest absolute Gasteiger partial charge is 0.426 e. The maximum atomic E-state index is 12.7. The Kier molecular flexibility index (Phi) is 7.39. The van der Waals surface area contributed by atoms with E-state index in [0.29, 0.717) is 16.1 Å². The first kappa shape index (κ1) is 22.5. The molecule has 5 nitrogen and oxygen atoms in total. The first-order chi connectivity index (χ1) is 14.8. The maximum Gasteiger partial charge on any atom is 0.347 e. The number of esters is 2. The van der Waals surface area contributed by atoms with Gasteiger partial charge in [0.25, 0.3) is 0 Å². The molecule has 0 aliphatic rings. The van der Waals surface area contributed by atoms with Gasteiger partial charge in [0.1, 0.15) is 17.1 Å². The highest BCUT2D eigenvalue weighted by Crippen LogP contribution is 2.27. The van der Waals surface area contributed by atoms with E-state index in [4.69, 9.17) is 21.1 Å². The quantitative estimate of drug-likeness (QED) is 0.176. The molecule has 0 unspecified atom stereocenters. The molecule has 31 heavy (non-hydrogen) atoms. The Morgan fingerprint density at radius 3 is 2.32 bits per heavy atom. The molecule has 0 amide bonds. The van der Waals surface area contributed by atoms with Gasteiger partial charge in [-0.2, -0.15) is 0 Å². The molecule has 0 atom stereocenters. The van der Waals surface area contributed by atoms with E-state index in [0.717, 1.165) is 4.47 Å². The van der Waals surface area contributed by atoms with Crippen LogP contribution < -0.4 is 9.47 Å². The summed E-state index contributed by atoms with van der Waals surface area (Å²) in [5, 5.41) is 0.538. The van der Waals surface area contributed by atoms with Crippen LogP contribution in [0.1, 0.15) is 33.2 Å². The summed E-state index contributed by atoms with van der Waals surface area (Å²) in [6.45, 7) is 1.25. The number of hydrogen-bond acceptors (Lipinski definition) is 5. The van der Waals surface area contributed by atoms with Crippen molar-refractivity contribution in [3.8, 4) is 11.5 Å². The van der Waals surface area contributed by atoms with Crippen molar-refractivity contribution in [1.29, 1.82) is 0 Å². The zero-order valence-corrected chi connectivity index (χ0v) is 18.6. The second-order valence-electron chi connectivity index (χ2n) is 6.37. The number of carbonyl (C=O) groups excluding carboxylic acids is 3. The van der Waals surface area contributed by atoms with E-state index in [-0.39, 0.29) is 22.8 Å². The average molecular weight is 500 g/mol. The zero-order chi connectivity index (χ0) is 22.4. The van der Waals surface area contributed by atoms with E-state index in [1.165, 1.54) is 25.1 Å². The molecule has 0 aliphatic heterocycles. The Hall–Kier alpha value is -3.22. The molecule has 0 aliphatic carbocycles. The van der Waals surface area contributed by atoms with Gasteiger partial charge in [-0.15, -0.1) is 0 Å². The van der Waals surface area contributed by atoms with Crippen molar-refractivity contribution in [1.82, 2.24) is 0 Å². The first-order valence-corrected chi connectivity index (χ1v) is 10.3. The van der Waals surface area contributed by atoms with E-state index >= 15 is 0 Å². The summed E-state index contributed by atoms with van der Waals surface area (Å²) < 4.78 is 11.3. The van der Waals surface area contributed by atoms with Crippen LogP contribution >= 0.6 is 27.5 Å². The van der Waals surface area contributed by atoms with Gasteiger partial charge < -0.3 is 9.47 Å². The number of hydrogen-bond donors (Lipinski definition) is 0. The van der Waals surface area contributed by atoms with Gasteiger partial charge in [-0.3, -0.25) is 9.59 Å². The molecule has 0 saturated heterocycles. The normalized spacial score (nSPS) is 10.7. The fraction of sp³-hybridized carbons (Fsp3) is 0.0417. The highest BCUT2D eigenvalue weighted by molar-refractivity contribution is 9.10. The van der Waals surface area contributed by atoms with Crippen molar-refractivity contribution in [2.24, 2.45) is 0 Å². The van der Waals surface area contributed by atoms with Crippen LogP contribution in [0.3, 0.4) is 0 Å². The fourth-order valence-electron chi connectivity index (χ4n) is 2.65. The lowest BCUT2D eigenvalue weighted by atomic mass is 10.1. The van der Waals surface area contributed by atoms with Crippen LogP contribution in [0.2, 0.25) is 5.02 Å². The van der Waals surface area contributed by atoms with E-state index < -0.39 is 11.9 Å². The molecule has 0 saturated carbocycles. The summed E-state index contributed by atoms with van der Waals surface area (Å²) in [6.07, 6.45) is 2.94. The van der Waals surface area contributed by atoms with Crippen LogP contribution in [-0.4, -0.2) is 17.7 Å². The standard InChI is InChI=1S/C24H16BrClO5/c1-15(27)30-23-5-3-2-4-20(23)24(29)31-22-13-9-18(25)14-17(22)8-12-21(28)16-6-10-19(26)11-7-16/h2-14H,1H3/b12-8+. The van der Waals surface area contributed by atoms with Crippen molar-refractivity contribution in [3.63, 3.8) is 0 Å². The van der Waals surface area contributed by atoms with Gasteiger partial charge in [-0.05, 0) is 66.7 Å². The van der Waals surface area contributed by atoms with Crippen molar-refractivity contribution in [3.05, 3.63) is 99.0 Å². The molecular weight excluding hydrogens is 484 g/mol. The number of rotatable bonds is 6. The Balaban J connectivity index is 1.85. The van der Waals surface area contributed by atoms with Gasteiger partial charge in [0.05, 0.1) is 0 Å². The highest BCUT2D eigenvalue weighted by atomic mass is 79.9. The molecule has 3 aromatic rings. The fourth-order valence-corrected chi connectivity index (χ4v) is 3.16. The predicted octanol–water partition coefficient (Wildman–Crippen LogP) is 6.14. The Morgan fingerprint density at radius 1 is 0.903 bits per heavy atom. The molecule has 0 spiro atoms. The third-order valence-electron chi connectivity index (χ3n) is 4.08. The van der Waals surface area contributed by atoms with E-state index in [2.05, 4.69) is 15.9 Å². The van der Waals surface area contributed by atoms with Crippen LogP contribution in [0, 0.1) is 0 Å². The second kappa shape index (κ2) is 10.2. The number of allylic oxidation sites excluding steroid dienone is 1. The summed E-state index contributed by atoms with van der Waals surface area (Å²) in [5.41, 5.74) is 1.09. The number of halogens is 2. The van der Waals surface area contributed by atoms with Crippen LogP contribution in [0.25, 0.3) is 6.08 Å². The monoisotopic (exact) mass is 498 g/mol. The number of carbonyl (C=O) groups is 3. The Morgan fingerprint density at radius 2 is 1.61 bits per heavy atom. The molecule has 3 aromatic carbocycles. The maximum absolute atomic E-state index is 12.7. The van der Waals surface area contributed by atoms with E-state index in [1.54, 1.807) is 60.7 Å². The van der Waals surface area contributed by atoms with Gasteiger partial charge >= 0.3 is 11.9 Å². The van der Waals surface area contributed by atoms with Crippen LogP contribution in [-0.2, 0) is 4.79 Å². The third-order valence-corrected chi connectivity index (χ3v) is 4.82. The number of ketones is 1. The Labute approximate surface area is 192 Å². The predicted molar refractivity (Wildman–Crippen MR) is 122 cm³/mol. The lowest BCUT2D eigenvalue weighted by molar-refractivity contribution is -0.131. The molecule has 156 valence electrons. The SMILES string of the molecule is CC(=O)Oc1ccccc1C(=O)Oc1ccc(Br)cc1/C=C/C(=O)c1ccc(Cl)cc1. The van der Waals surface area contributed by atoms with E-state index in [1.807, 2.05) is 0 Å². The number of benzene rings is 3. The molecule has 0 bridgehead atoms. The minimum absolute atomic E-state index is 0.104. The molecule has 3 rings (SSSR count).